The molecule has 1 aliphatic heterocycles. The van der Waals surface area contributed by atoms with E-state index in [0.717, 1.165) is 0 Å². The van der Waals surface area contributed by atoms with Gasteiger partial charge in [-0.1, -0.05) is 29.0 Å². The van der Waals surface area contributed by atoms with Gasteiger partial charge in [-0.2, -0.15) is 4.98 Å². The second-order valence-electron chi connectivity index (χ2n) is 6.16. The van der Waals surface area contributed by atoms with Crippen molar-refractivity contribution in [3.05, 3.63) is 52.3 Å². The SMILES string of the molecule is CSc1nc2nc(C)c(CC(=O)ON3C(=O)c4ccccc4C3=O)c(C)n2n1. The second kappa shape index (κ2) is 6.71. The van der Waals surface area contributed by atoms with Crippen molar-refractivity contribution >= 4 is 35.3 Å². The number of hydrogen-bond acceptors (Lipinski definition) is 8. The standard InChI is InChI=1S/C18H15N5O4S/c1-9-13(10(2)22-17(19-9)20-18(21-22)28-3)8-14(24)27-23-15(25)11-6-4-5-7-12(11)16(23)26/h4-7H,8H2,1-3H3. The van der Waals surface area contributed by atoms with Crippen LogP contribution in [0.5, 0.6) is 0 Å². The van der Waals surface area contributed by atoms with Crippen molar-refractivity contribution in [1.29, 1.82) is 0 Å². The Morgan fingerprint density at radius 2 is 1.75 bits per heavy atom. The average Bonchev–Trinajstić information content (AvgIpc) is 3.20. The van der Waals surface area contributed by atoms with Crippen LogP contribution in [0, 0.1) is 13.8 Å². The Morgan fingerprint density at radius 3 is 2.36 bits per heavy atom. The number of nitrogens with zero attached hydrogens (tertiary/aromatic N) is 5. The van der Waals surface area contributed by atoms with Gasteiger partial charge >= 0.3 is 5.97 Å². The smallest absolute Gasteiger partial charge is 0.329 e. The van der Waals surface area contributed by atoms with Crippen LogP contribution >= 0.6 is 11.8 Å². The molecule has 0 aliphatic carbocycles. The van der Waals surface area contributed by atoms with Crippen LogP contribution in [0.15, 0.2) is 29.4 Å². The van der Waals surface area contributed by atoms with Gasteiger partial charge in [0.05, 0.1) is 17.5 Å². The molecule has 0 saturated carbocycles. The Kier molecular flexibility index (Phi) is 4.34. The summed E-state index contributed by atoms with van der Waals surface area (Å²) in [6.07, 6.45) is 1.69. The van der Waals surface area contributed by atoms with Crippen LogP contribution in [0.4, 0.5) is 0 Å². The zero-order valence-electron chi connectivity index (χ0n) is 15.3. The first kappa shape index (κ1) is 18.1. The summed E-state index contributed by atoms with van der Waals surface area (Å²) in [5.41, 5.74) is 2.32. The third kappa shape index (κ3) is 2.82. The fourth-order valence-electron chi connectivity index (χ4n) is 3.06. The number of fused-ring (bicyclic) bond motifs is 2. The minimum Gasteiger partial charge on any atom is -0.329 e. The molecule has 1 aliphatic rings. The van der Waals surface area contributed by atoms with Crippen LogP contribution in [0.25, 0.3) is 5.78 Å². The zero-order valence-corrected chi connectivity index (χ0v) is 16.1. The first-order valence-corrected chi connectivity index (χ1v) is 9.58. The lowest BCUT2D eigenvalue weighted by atomic mass is 10.1. The Morgan fingerprint density at radius 1 is 1.11 bits per heavy atom. The highest BCUT2D eigenvalue weighted by Gasteiger charge is 2.38. The molecule has 0 N–H and O–H groups in total. The molecule has 3 heterocycles. The maximum atomic E-state index is 12.5. The molecule has 4 rings (SSSR count). The number of benzene rings is 1. The predicted molar refractivity (Wildman–Crippen MR) is 98.8 cm³/mol. The Balaban J connectivity index is 1.58. The molecule has 0 unspecified atom stereocenters. The predicted octanol–water partition coefficient (Wildman–Crippen LogP) is 1.76. The molecule has 0 radical (unpaired) electrons. The minimum atomic E-state index is -0.743. The zero-order chi connectivity index (χ0) is 20.0. The van der Waals surface area contributed by atoms with Gasteiger partial charge in [-0.25, -0.2) is 14.3 Å². The number of hydroxylamine groups is 2. The molecule has 10 heteroatoms. The van der Waals surface area contributed by atoms with E-state index in [1.165, 1.54) is 23.9 Å². The van der Waals surface area contributed by atoms with Gasteiger partial charge in [0, 0.05) is 17.0 Å². The summed E-state index contributed by atoms with van der Waals surface area (Å²) < 4.78 is 1.56. The van der Waals surface area contributed by atoms with Gasteiger partial charge in [-0.05, 0) is 32.2 Å². The summed E-state index contributed by atoms with van der Waals surface area (Å²) >= 11 is 1.39. The summed E-state index contributed by atoms with van der Waals surface area (Å²) in [5, 5.41) is 5.40. The lowest BCUT2D eigenvalue weighted by Gasteiger charge is -2.14. The maximum Gasteiger partial charge on any atom is 0.337 e. The van der Waals surface area contributed by atoms with Crippen molar-refractivity contribution in [2.75, 3.05) is 6.26 Å². The number of carbonyl (C=O) groups is 3. The van der Waals surface area contributed by atoms with Gasteiger partial charge in [0.2, 0.25) is 5.16 Å². The van der Waals surface area contributed by atoms with E-state index in [9.17, 15) is 14.4 Å². The van der Waals surface area contributed by atoms with Crippen molar-refractivity contribution in [3.63, 3.8) is 0 Å². The highest BCUT2D eigenvalue weighted by molar-refractivity contribution is 7.98. The van der Waals surface area contributed by atoms with E-state index < -0.39 is 17.8 Å². The van der Waals surface area contributed by atoms with E-state index in [4.69, 9.17) is 4.84 Å². The molecule has 1 aromatic carbocycles. The molecule has 3 aromatic rings. The molecule has 0 bridgehead atoms. The van der Waals surface area contributed by atoms with E-state index >= 15 is 0 Å². The third-order valence-corrected chi connectivity index (χ3v) is 5.02. The molecule has 0 spiro atoms. The number of amides is 2. The highest BCUT2D eigenvalue weighted by Crippen LogP contribution is 2.23. The minimum absolute atomic E-state index is 0.164. The van der Waals surface area contributed by atoms with Crippen LogP contribution < -0.4 is 0 Å². The molecule has 9 nitrogen and oxygen atoms in total. The molecule has 2 aromatic heterocycles. The Labute approximate surface area is 163 Å². The number of hydrogen-bond donors (Lipinski definition) is 0. The fraction of sp³-hybridized carbons (Fsp3) is 0.222. The normalized spacial score (nSPS) is 13.3. The van der Waals surface area contributed by atoms with E-state index in [1.807, 2.05) is 6.26 Å². The fourth-order valence-corrected chi connectivity index (χ4v) is 3.40. The number of rotatable bonds is 4. The lowest BCUT2D eigenvalue weighted by Crippen LogP contribution is -2.33. The number of imide groups is 1. The van der Waals surface area contributed by atoms with Gasteiger partial charge in [-0.15, -0.1) is 5.10 Å². The van der Waals surface area contributed by atoms with Gasteiger partial charge in [0.1, 0.15) is 0 Å². The Bertz CT molecular complexity index is 1120. The van der Waals surface area contributed by atoms with Gasteiger partial charge in [0.15, 0.2) is 0 Å². The van der Waals surface area contributed by atoms with Gasteiger partial charge < -0.3 is 4.84 Å². The molecule has 142 valence electrons. The molecule has 2 amide bonds. The van der Waals surface area contributed by atoms with Crippen LogP contribution in [-0.2, 0) is 16.1 Å². The number of thioether (sulfide) groups is 1. The second-order valence-corrected chi connectivity index (χ2v) is 6.94. The molecule has 0 saturated heterocycles. The first-order chi connectivity index (χ1) is 13.4. The van der Waals surface area contributed by atoms with Crippen molar-refractivity contribution in [2.24, 2.45) is 0 Å². The molecular formula is C18H15N5O4S. The van der Waals surface area contributed by atoms with Crippen molar-refractivity contribution < 1.29 is 19.2 Å². The summed E-state index contributed by atoms with van der Waals surface area (Å²) in [6.45, 7) is 3.55. The summed E-state index contributed by atoms with van der Waals surface area (Å²) in [6, 6.07) is 6.32. The van der Waals surface area contributed by atoms with Crippen LogP contribution in [-0.4, -0.2) is 48.7 Å². The Hall–Kier alpha value is -3.27. The van der Waals surface area contributed by atoms with E-state index in [2.05, 4.69) is 15.1 Å². The first-order valence-electron chi connectivity index (χ1n) is 8.36. The van der Waals surface area contributed by atoms with E-state index in [-0.39, 0.29) is 17.5 Å². The van der Waals surface area contributed by atoms with Crippen LogP contribution in [0.3, 0.4) is 0 Å². The van der Waals surface area contributed by atoms with Crippen molar-refractivity contribution in [1.82, 2.24) is 24.6 Å². The van der Waals surface area contributed by atoms with E-state index in [0.29, 0.717) is 32.9 Å². The van der Waals surface area contributed by atoms with Crippen molar-refractivity contribution in [3.8, 4) is 0 Å². The third-order valence-electron chi connectivity index (χ3n) is 4.48. The number of aryl methyl sites for hydroxylation is 2. The average molecular weight is 397 g/mol. The summed E-state index contributed by atoms with van der Waals surface area (Å²) in [7, 11) is 0. The topological polar surface area (TPSA) is 107 Å². The maximum absolute atomic E-state index is 12.5. The lowest BCUT2D eigenvalue weighted by molar-refractivity contribution is -0.167. The highest BCUT2D eigenvalue weighted by atomic mass is 32.2. The van der Waals surface area contributed by atoms with Gasteiger partial charge in [0.25, 0.3) is 17.6 Å². The molecule has 0 atom stereocenters. The molecule has 0 fully saturated rings. The number of aromatic nitrogens is 4. The summed E-state index contributed by atoms with van der Waals surface area (Å²) in [4.78, 5) is 50.9. The largest absolute Gasteiger partial charge is 0.337 e. The number of carbonyl (C=O) groups excluding carboxylic acids is 3. The quantitative estimate of drug-likeness (QED) is 0.484. The van der Waals surface area contributed by atoms with E-state index in [1.54, 1.807) is 30.5 Å². The monoisotopic (exact) mass is 397 g/mol. The molecular weight excluding hydrogens is 382 g/mol. The van der Waals surface area contributed by atoms with Crippen molar-refractivity contribution in [2.45, 2.75) is 25.4 Å². The van der Waals surface area contributed by atoms with Crippen LogP contribution in [0.2, 0.25) is 0 Å². The van der Waals surface area contributed by atoms with Crippen LogP contribution in [0.1, 0.15) is 37.7 Å². The van der Waals surface area contributed by atoms with Gasteiger partial charge in [-0.3, -0.25) is 9.59 Å². The molecule has 28 heavy (non-hydrogen) atoms. The summed E-state index contributed by atoms with van der Waals surface area (Å²) in [5.74, 6) is -1.61.